The van der Waals surface area contributed by atoms with E-state index in [4.69, 9.17) is 10.5 Å². The Bertz CT molecular complexity index is 596. The van der Waals surface area contributed by atoms with Crippen LogP contribution in [0, 0.1) is 0 Å². The molecule has 0 saturated heterocycles. The average Bonchev–Trinajstić information content (AvgIpc) is 2.47. The molecule has 1 aromatic carbocycles. The minimum Gasteiger partial charge on any atom is -0.497 e. The number of benzene rings is 1. The maximum absolute atomic E-state index is 12.1. The number of ether oxygens (including phenoxy) is 1. The minimum absolute atomic E-state index is 0.144. The van der Waals surface area contributed by atoms with Gasteiger partial charge in [0, 0.05) is 6.20 Å². The van der Waals surface area contributed by atoms with Crippen LogP contribution < -0.4 is 15.8 Å². The van der Waals surface area contributed by atoms with Gasteiger partial charge >= 0.3 is 0 Å². The monoisotopic (exact) mass is 271 g/mol. The highest BCUT2D eigenvalue weighted by Gasteiger charge is 2.14. The zero-order chi connectivity index (χ0) is 14.5. The van der Waals surface area contributed by atoms with Gasteiger partial charge in [-0.25, -0.2) is 4.98 Å². The summed E-state index contributed by atoms with van der Waals surface area (Å²) in [5.41, 5.74) is 7.33. The van der Waals surface area contributed by atoms with Crippen LogP contribution >= 0.6 is 0 Å². The van der Waals surface area contributed by atoms with Crippen LogP contribution in [0.4, 0.5) is 5.69 Å². The fourth-order valence-electron chi connectivity index (χ4n) is 1.85. The van der Waals surface area contributed by atoms with E-state index in [9.17, 15) is 4.79 Å². The summed E-state index contributed by atoms with van der Waals surface area (Å²) in [7, 11) is 1.62. The Morgan fingerprint density at radius 2 is 2.00 bits per heavy atom. The number of methoxy groups -OCH3 is 1. The summed E-state index contributed by atoms with van der Waals surface area (Å²) in [4.78, 5) is 16.1. The number of carbonyl (C=O) groups excluding carboxylic acids is 1. The molecule has 2 rings (SSSR count). The molecule has 5 heteroatoms. The van der Waals surface area contributed by atoms with E-state index in [1.807, 2.05) is 31.2 Å². The van der Waals surface area contributed by atoms with Crippen LogP contribution in [-0.2, 0) is 0 Å². The molecule has 5 nitrogen and oxygen atoms in total. The van der Waals surface area contributed by atoms with Gasteiger partial charge in [-0.2, -0.15) is 0 Å². The number of anilines is 1. The molecule has 1 amide bonds. The lowest BCUT2D eigenvalue weighted by Gasteiger charge is -2.15. The molecule has 0 aliphatic rings. The van der Waals surface area contributed by atoms with Gasteiger partial charge in [0.25, 0.3) is 5.91 Å². The van der Waals surface area contributed by atoms with Gasteiger partial charge in [0.05, 0.1) is 18.8 Å². The average molecular weight is 271 g/mol. The highest BCUT2D eigenvalue weighted by atomic mass is 16.5. The zero-order valence-electron chi connectivity index (χ0n) is 11.5. The third kappa shape index (κ3) is 3.06. The number of rotatable bonds is 4. The number of aromatic nitrogens is 1. The standard InChI is InChI=1S/C15H17N3O2/c1-10(11-5-7-12(20-2)8-6-11)18-15(19)14-13(16)4-3-9-17-14/h3-10H,16H2,1-2H3,(H,18,19)/t10-/m1/s1. The number of amides is 1. The Balaban J connectivity index is 2.09. The van der Waals surface area contributed by atoms with Gasteiger partial charge in [-0.15, -0.1) is 0 Å². The molecule has 0 bridgehead atoms. The number of nitrogens with one attached hydrogen (secondary N) is 1. The molecule has 104 valence electrons. The van der Waals surface area contributed by atoms with Gasteiger partial charge in [0.2, 0.25) is 0 Å². The summed E-state index contributed by atoms with van der Waals surface area (Å²) in [6, 6.07) is 10.7. The van der Waals surface area contributed by atoms with Gasteiger partial charge in [-0.3, -0.25) is 4.79 Å². The van der Waals surface area contributed by atoms with Crippen LogP contribution in [0.2, 0.25) is 0 Å². The van der Waals surface area contributed by atoms with Crippen LogP contribution in [-0.4, -0.2) is 18.0 Å². The molecule has 20 heavy (non-hydrogen) atoms. The summed E-state index contributed by atoms with van der Waals surface area (Å²) < 4.78 is 5.10. The molecular formula is C15H17N3O2. The van der Waals surface area contributed by atoms with Crippen molar-refractivity contribution in [2.45, 2.75) is 13.0 Å². The SMILES string of the molecule is COc1ccc([C@@H](C)NC(=O)c2ncccc2N)cc1. The minimum atomic E-state index is -0.286. The molecule has 0 fully saturated rings. The summed E-state index contributed by atoms with van der Waals surface area (Å²) in [5, 5.41) is 2.87. The Kier molecular flexibility index (Phi) is 4.20. The van der Waals surface area contributed by atoms with Crippen molar-refractivity contribution >= 4 is 11.6 Å². The lowest BCUT2D eigenvalue weighted by Crippen LogP contribution is -2.28. The molecule has 1 atom stereocenters. The number of hydrogen-bond donors (Lipinski definition) is 2. The maximum atomic E-state index is 12.1. The molecule has 1 aromatic heterocycles. The van der Waals surface area contributed by atoms with Crippen LogP contribution in [0.15, 0.2) is 42.6 Å². The van der Waals surface area contributed by atoms with Crippen molar-refractivity contribution in [3.8, 4) is 5.75 Å². The second-order valence-electron chi connectivity index (χ2n) is 4.41. The molecule has 2 aromatic rings. The number of pyridine rings is 1. The van der Waals surface area contributed by atoms with Crippen molar-refractivity contribution < 1.29 is 9.53 Å². The van der Waals surface area contributed by atoms with Gasteiger partial charge in [-0.1, -0.05) is 12.1 Å². The highest BCUT2D eigenvalue weighted by Crippen LogP contribution is 2.18. The Morgan fingerprint density at radius 1 is 1.30 bits per heavy atom. The predicted octanol–water partition coefficient (Wildman–Crippen LogP) is 2.16. The number of nitrogen functional groups attached to an aromatic ring is 1. The first-order valence-corrected chi connectivity index (χ1v) is 6.27. The normalized spacial score (nSPS) is 11.7. The lowest BCUT2D eigenvalue weighted by atomic mass is 10.1. The van der Waals surface area contributed by atoms with Crippen molar-refractivity contribution in [2.24, 2.45) is 0 Å². The molecule has 0 spiro atoms. The first-order valence-electron chi connectivity index (χ1n) is 6.27. The summed E-state index contributed by atoms with van der Waals surface area (Å²) in [5.74, 6) is 0.493. The quantitative estimate of drug-likeness (QED) is 0.893. The maximum Gasteiger partial charge on any atom is 0.272 e. The van der Waals surface area contributed by atoms with E-state index in [2.05, 4.69) is 10.3 Å². The number of nitrogens with two attached hydrogens (primary N) is 1. The third-order valence-corrected chi connectivity index (χ3v) is 3.02. The van der Waals surface area contributed by atoms with Crippen molar-refractivity contribution in [1.82, 2.24) is 10.3 Å². The summed E-state index contributed by atoms with van der Waals surface area (Å²) in [6.07, 6.45) is 1.54. The second-order valence-corrected chi connectivity index (χ2v) is 4.41. The van der Waals surface area contributed by atoms with Crippen LogP contribution in [0.25, 0.3) is 0 Å². The smallest absolute Gasteiger partial charge is 0.272 e. The second kappa shape index (κ2) is 6.06. The van der Waals surface area contributed by atoms with Crippen LogP contribution in [0.5, 0.6) is 5.75 Å². The van der Waals surface area contributed by atoms with Gasteiger partial charge in [0.1, 0.15) is 5.75 Å². The Morgan fingerprint density at radius 3 is 2.60 bits per heavy atom. The Hall–Kier alpha value is -2.56. The first-order chi connectivity index (χ1) is 9.61. The van der Waals surface area contributed by atoms with Crippen molar-refractivity contribution in [3.63, 3.8) is 0 Å². The molecular weight excluding hydrogens is 254 g/mol. The van der Waals surface area contributed by atoms with E-state index >= 15 is 0 Å². The largest absolute Gasteiger partial charge is 0.497 e. The van der Waals surface area contributed by atoms with E-state index in [1.54, 1.807) is 25.4 Å². The fraction of sp³-hybridized carbons (Fsp3) is 0.200. The van der Waals surface area contributed by atoms with Gasteiger partial charge in [-0.05, 0) is 36.8 Å². The number of carbonyl (C=O) groups is 1. The molecule has 0 aliphatic heterocycles. The van der Waals surface area contributed by atoms with E-state index in [1.165, 1.54) is 0 Å². The molecule has 0 radical (unpaired) electrons. The molecule has 0 unspecified atom stereocenters. The first kappa shape index (κ1) is 13.9. The molecule has 0 aliphatic carbocycles. The van der Waals surface area contributed by atoms with E-state index in [-0.39, 0.29) is 17.6 Å². The number of nitrogens with zero attached hydrogens (tertiary/aromatic N) is 1. The van der Waals surface area contributed by atoms with E-state index in [0.717, 1.165) is 11.3 Å². The third-order valence-electron chi connectivity index (χ3n) is 3.02. The Labute approximate surface area is 117 Å². The van der Waals surface area contributed by atoms with Crippen molar-refractivity contribution in [2.75, 3.05) is 12.8 Å². The lowest BCUT2D eigenvalue weighted by molar-refractivity contribution is 0.0936. The fourth-order valence-corrected chi connectivity index (χ4v) is 1.85. The van der Waals surface area contributed by atoms with Gasteiger partial charge in [0.15, 0.2) is 5.69 Å². The zero-order valence-corrected chi connectivity index (χ0v) is 11.5. The van der Waals surface area contributed by atoms with Crippen LogP contribution in [0.1, 0.15) is 29.0 Å². The predicted molar refractivity (Wildman–Crippen MR) is 77.5 cm³/mol. The number of hydrogen-bond acceptors (Lipinski definition) is 4. The van der Waals surface area contributed by atoms with Crippen molar-refractivity contribution in [3.05, 3.63) is 53.9 Å². The van der Waals surface area contributed by atoms with Crippen LogP contribution in [0.3, 0.4) is 0 Å². The summed E-state index contributed by atoms with van der Waals surface area (Å²) in [6.45, 7) is 1.90. The topological polar surface area (TPSA) is 77.2 Å². The highest BCUT2D eigenvalue weighted by molar-refractivity contribution is 5.97. The van der Waals surface area contributed by atoms with E-state index in [0.29, 0.717) is 5.69 Å². The van der Waals surface area contributed by atoms with Crippen molar-refractivity contribution in [1.29, 1.82) is 0 Å². The summed E-state index contributed by atoms with van der Waals surface area (Å²) >= 11 is 0. The molecule has 3 N–H and O–H groups in total. The molecule has 0 saturated carbocycles. The van der Waals surface area contributed by atoms with Gasteiger partial charge < -0.3 is 15.8 Å². The van der Waals surface area contributed by atoms with E-state index < -0.39 is 0 Å². The molecule has 1 heterocycles.